The molecule has 0 saturated heterocycles. The Kier molecular flexibility index (Phi) is 4.04. The van der Waals surface area contributed by atoms with E-state index in [1.54, 1.807) is 6.92 Å². The van der Waals surface area contributed by atoms with E-state index in [4.69, 9.17) is 9.11 Å². The Morgan fingerprint density at radius 3 is 1.91 bits per heavy atom. The van der Waals surface area contributed by atoms with E-state index in [0.717, 1.165) is 24.3 Å². The fraction of sp³-hybridized carbons (Fsp3) is 0.167. The molecule has 10 heteroatoms. The second-order valence-electron chi connectivity index (χ2n) is 4.49. The third-order valence-corrected chi connectivity index (χ3v) is 4.60. The van der Waals surface area contributed by atoms with Crippen LogP contribution in [-0.2, 0) is 20.2 Å². The molecule has 0 spiro atoms. The summed E-state index contributed by atoms with van der Waals surface area (Å²) in [6.45, 7) is 2.12. The van der Waals surface area contributed by atoms with Crippen LogP contribution >= 0.6 is 0 Å². The van der Waals surface area contributed by atoms with Gasteiger partial charge in [0.15, 0.2) is 0 Å². The van der Waals surface area contributed by atoms with Crippen LogP contribution in [0.25, 0.3) is 10.8 Å². The molecule has 22 heavy (non-hydrogen) atoms. The van der Waals surface area contributed by atoms with Crippen molar-refractivity contribution in [3.8, 4) is 5.75 Å². The second-order valence-corrected chi connectivity index (χ2v) is 7.33. The molecular weight excluding hydrogens is 334 g/mol. The Morgan fingerprint density at radius 1 is 0.955 bits per heavy atom. The Balaban J connectivity index is 2.94. The molecule has 2 rings (SSSR count). The van der Waals surface area contributed by atoms with Gasteiger partial charge in [0.2, 0.25) is 0 Å². The minimum absolute atomic E-state index is 0.0266. The lowest BCUT2D eigenvalue weighted by atomic mass is 10.1. The molecule has 0 saturated carbocycles. The molecule has 2 aromatic rings. The predicted molar refractivity (Wildman–Crippen MR) is 79.4 cm³/mol. The molecule has 0 heterocycles. The summed E-state index contributed by atoms with van der Waals surface area (Å²) in [4.78, 5) is -1.06. The van der Waals surface area contributed by atoms with Crippen LogP contribution < -0.4 is 5.32 Å². The third kappa shape index (κ3) is 3.14. The van der Waals surface area contributed by atoms with E-state index in [2.05, 4.69) is 5.32 Å². The number of hydrogen-bond donors (Lipinski definition) is 4. The van der Waals surface area contributed by atoms with Crippen LogP contribution in [0.1, 0.15) is 6.92 Å². The maximum Gasteiger partial charge on any atom is 0.294 e. The molecular formula is C12H13NO7S2. The van der Waals surface area contributed by atoms with Crippen LogP contribution in [0.2, 0.25) is 0 Å². The van der Waals surface area contributed by atoms with Gasteiger partial charge in [0.1, 0.15) is 5.75 Å². The summed E-state index contributed by atoms with van der Waals surface area (Å²) in [6, 6.07) is 3.97. The molecule has 0 amide bonds. The van der Waals surface area contributed by atoms with Crippen molar-refractivity contribution in [3.63, 3.8) is 0 Å². The largest absolute Gasteiger partial charge is 0.507 e. The molecule has 0 fully saturated rings. The second kappa shape index (κ2) is 5.39. The number of phenolic OH excluding ortho intramolecular Hbond substituents is 1. The van der Waals surface area contributed by atoms with Crippen molar-refractivity contribution in [3.05, 3.63) is 24.3 Å². The van der Waals surface area contributed by atoms with Gasteiger partial charge in [-0.2, -0.15) is 16.8 Å². The predicted octanol–water partition coefficient (Wildman–Crippen LogP) is 1.47. The topological polar surface area (TPSA) is 141 Å². The first kappa shape index (κ1) is 16.5. The molecule has 4 N–H and O–H groups in total. The fourth-order valence-corrected chi connectivity index (χ4v) is 3.15. The first-order valence-corrected chi connectivity index (χ1v) is 8.91. The van der Waals surface area contributed by atoms with Gasteiger partial charge in [-0.25, -0.2) is 0 Å². The van der Waals surface area contributed by atoms with E-state index >= 15 is 0 Å². The highest BCUT2D eigenvalue weighted by molar-refractivity contribution is 7.86. The number of rotatable bonds is 4. The first-order valence-electron chi connectivity index (χ1n) is 6.03. The van der Waals surface area contributed by atoms with Crippen molar-refractivity contribution in [1.82, 2.24) is 0 Å². The zero-order chi connectivity index (χ0) is 16.7. The van der Waals surface area contributed by atoms with Gasteiger partial charge in [-0.1, -0.05) is 0 Å². The number of nitrogens with one attached hydrogen (secondary N) is 1. The highest BCUT2D eigenvalue weighted by Gasteiger charge is 2.19. The number of hydrogen-bond acceptors (Lipinski definition) is 6. The normalized spacial score (nSPS) is 12.5. The Labute approximate surface area is 126 Å². The molecule has 0 aliphatic heterocycles. The van der Waals surface area contributed by atoms with Gasteiger partial charge >= 0.3 is 0 Å². The summed E-state index contributed by atoms with van der Waals surface area (Å²) in [5.74, 6) is -0.456. The van der Waals surface area contributed by atoms with E-state index < -0.39 is 35.8 Å². The summed E-state index contributed by atoms with van der Waals surface area (Å²) in [5.41, 5.74) is 0.201. The van der Waals surface area contributed by atoms with E-state index in [-0.39, 0.29) is 16.5 Å². The number of benzene rings is 2. The van der Waals surface area contributed by atoms with Gasteiger partial charge in [-0.3, -0.25) is 9.11 Å². The summed E-state index contributed by atoms with van der Waals surface area (Å²) in [5, 5.41) is 13.0. The molecule has 0 aliphatic carbocycles. The number of aromatic hydroxyl groups is 1. The quantitative estimate of drug-likeness (QED) is 0.609. The van der Waals surface area contributed by atoms with Gasteiger partial charge in [0.05, 0.1) is 9.79 Å². The molecule has 0 aliphatic rings. The molecule has 0 atom stereocenters. The van der Waals surface area contributed by atoms with Crippen molar-refractivity contribution in [2.45, 2.75) is 16.7 Å². The summed E-state index contributed by atoms with van der Waals surface area (Å²) in [6.07, 6.45) is 0. The SMILES string of the molecule is CCNc1cc(S(=O)(=O)O)cc2cc(S(=O)(=O)O)cc(O)c12. The maximum absolute atomic E-state index is 11.3. The molecule has 120 valence electrons. The minimum atomic E-state index is -4.58. The van der Waals surface area contributed by atoms with E-state index in [0.29, 0.717) is 6.54 Å². The summed E-state index contributed by atoms with van der Waals surface area (Å²) < 4.78 is 63.2. The zero-order valence-corrected chi connectivity index (χ0v) is 12.9. The standard InChI is InChI=1S/C12H13NO7S2/c1-2-13-10-5-8(21(15,16)17)3-7-4-9(22(18,19)20)6-11(14)12(7)10/h3-6,13-14H,2H2,1H3,(H,15,16,17)(H,18,19,20). The van der Waals surface area contributed by atoms with Crippen molar-refractivity contribution in [2.75, 3.05) is 11.9 Å². The lowest BCUT2D eigenvalue weighted by Crippen LogP contribution is -2.04. The van der Waals surface area contributed by atoms with Crippen LogP contribution in [-0.4, -0.2) is 37.6 Å². The average Bonchev–Trinajstić information content (AvgIpc) is 2.36. The smallest absolute Gasteiger partial charge is 0.294 e. The Hall–Kier alpha value is -1.88. The van der Waals surface area contributed by atoms with Crippen molar-refractivity contribution >= 4 is 36.7 Å². The van der Waals surface area contributed by atoms with Crippen molar-refractivity contribution in [2.24, 2.45) is 0 Å². The molecule has 0 unspecified atom stereocenters. The highest BCUT2D eigenvalue weighted by Crippen LogP contribution is 2.36. The van der Waals surface area contributed by atoms with Crippen LogP contribution in [0.3, 0.4) is 0 Å². The Morgan fingerprint density at radius 2 is 1.45 bits per heavy atom. The number of anilines is 1. The summed E-state index contributed by atoms with van der Waals surface area (Å²) >= 11 is 0. The van der Waals surface area contributed by atoms with E-state index in [9.17, 15) is 21.9 Å². The number of fused-ring (bicyclic) bond motifs is 1. The third-order valence-electron chi connectivity index (χ3n) is 2.94. The number of phenols is 1. The van der Waals surface area contributed by atoms with Crippen LogP contribution in [0, 0.1) is 0 Å². The van der Waals surface area contributed by atoms with E-state index in [1.807, 2.05) is 0 Å². The zero-order valence-electron chi connectivity index (χ0n) is 11.3. The molecule has 0 radical (unpaired) electrons. The van der Waals surface area contributed by atoms with Crippen LogP contribution in [0.15, 0.2) is 34.1 Å². The Bertz CT molecular complexity index is 944. The van der Waals surface area contributed by atoms with Gasteiger partial charge < -0.3 is 10.4 Å². The maximum atomic E-state index is 11.3. The van der Waals surface area contributed by atoms with Crippen LogP contribution in [0.5, 0.6) is 5.75 Å². The van der Waals surface area contributed by atoms with Gasteiger partial charge in [0.25, 0.3) is 20.2 Å². The monoisotopic (exact) mass is 347 g/mol. The van der Waals surface area contributed by atoms with Crippen molar-refractivity contribution < 1.29 is 31.0 Å². The lowest BCUT2D eigenvalue weighted by Gasteiger charge is -2.12. The van der Waals surface area contributed by atoms with Crippen LogP contribution in [0.4, 0.5) is 5.69 Å². The summed E-state index contributed by atoms with van der Waals surface area (Å²) in [7, 11) is -9.11. The minimum Gasteiger partial charge on any atom is -0.507 e. The lowest BCUT2D eigenvalue weighted by molar-refractivity contribution is 0.471. The molecule has 0 bridgehead atoms. The van der Waals surface area contributed by atoms with Crippen molar-refractivity contribution in [1.29, 1.82) is 0 Å². The molecule has 8 nitrogen and oxygen atoms in total. The van der Waals surface area contributed by atoms with Gasteiger partial charge in [-0.05, 0) is 30.5 Å². The highest BCUT2D eigenvalue weighted by atomic mass is 32.2. The molecule has 2 aromatic carbocycles. The molecule has 0 aromatic heterocycles. The average molecular weight is 347 g/mol. The first-order chi connectivity index (χ1) is 10.0. The fourth-order valence-electron chi connectivity index (χ4n) is 2.07. The van der Waals surface area contributed by atoms with Gasteiger partial charge in [0, 0.05) is 23.7 Å². The van der Waals surface area contributed by atoms with Gasteiger partial charge in [-0.15, -0.1) is 0 Å². The van der Waals surface area contributed by atoms with E-state index in [1.165, 1.54) is 0 Å².